The average molecular weight is 291 g/mol. The first-order chi connectivity index (χ1) is 10.1. The molecule has 0 unspecified atom stereocenters. The molecule has 0 aliphatic carbocycles. The van der Waals surface area contributed by atoms with E-state index in [4.69, 9.17) is 4.74 Å². The van der Waals surface area contributed by atoms with Crippen molar-refractivity contribution in [2.45, 2.75) is 27.0 Å². The fourth-order valence-electron chi connectivity index (χ4n) is 2.00. The van der Waals surface area contributed by atoms with Gasteiger partial charge in [0.25, 0.3) is 0 Å². The minimum atomic E-state index is -0.246. The van der Waals surface area contributed by atoms with Crippen LogP contribution in [-0.4, -0.2) is 16.1 Å². The molecule has 0 radical (unpaired) electrons. The molecule has 2 aromatic rings. The van der Waals surface area contributed by atoms with Crippen LogP contribution in [-0.2, 0) is 20.2 Å². The monoisotopic (exact) mass is 291 g/mol. The highest BCUT2D eigenvalue weighted by Crippen LogP contribution is 2.21. The Morgan fingerprint density at radius 2 is 2.19 bits per heavy atom. The highest BCUT2D eigenvalue weighted by Gasteiger charge is 2.07. The van der Waals surface area contributed by atoms with Crippen molar-refractivity contribution in [2.24, 2.45) is 13.0 Å². The van der Waals surface area contributed by atoms with Gasteiger partial charge in [-0.25, -0.2) is 9.37 Å². The van der Waals surface area contributed by atoms with Gasteiger partial charge < -0.3 is 14.6 Å². The van der Waals surface area contributed by atoms with Crippen molar-refractivity contribution in [3.05, 3.63) is 47.8 Å². The van der Waals surface area contributed by atoms with Gasteiger partial charge in [-0.1, -0.05) is 13.8 Å². The number of rotatable bonds is 7. The zero-order chi connectivity index (χ0) is 15.2. The van der Waals surface area contributed by atoms with Crippen molar-refractivity contribution in [1.29, 1.82) is 0 Å². The van der Waals surface area contributed by atoms with Crippen molar-refractivity contribution in [3.8, 4) is 5.75 Å². The second kappa shape index (κ2) is 7.22. The smallest absolute Gasteiger partial charge is 0.130 e. The Kier molecular flexibility index (Phi) is 5.33. The third kappa shape index (κ3) is 4.56. The summed E-state index contributed by atoms with van der Waals surface area (Å²) in [4.78, 5) is 4.05. The number of nitrogens with zero attached hydrogens (tertiary/aromatic N) is 2. The molecule has 0 aliphatic heterocycles. The lowest BCUT2D eigenvalue weighted by atomic mass is 10.1. The zero-order valence-corrected chi connectivity index (χ0v) is 12.8. The number of aryl methyl sites for hydroxylation is 1. The summed E-state index contributed by atoms with van der Waals surface area (Å²) in [6, 6.07) is 4.62. The molecule has 0 atom stereocenters. The predicted octanol–water partition coefficient (Wildman–Crippen LogP) is 2.88. The largest absolute Gasteiger partial charge is 0.487 e. The molecule has 0 fully saturated rings. The molecular formula is C16H22FN3O. The molecular weight excluding hydrogens is 269 g/mol. The van der Waals surface area contributed by atoms with Crippen molar-refractivity contribution in [2.75, 3.05) is 6.54 Å². The van der Waals surface area contributed by atoms with Crippen LogP contribution in [0.3, 0.4) is 0 Å². The van der Waals surface area contributed by atoms with E-state index in [0.29, 0.717) is 24.8 Å². The fraction of sp³-hybridized carbons (Fsp3) is 0.438. The molecule has 1 aromatic carbocycles. The number of imidazole rings is 1. The van der Waals surface area contributed by atoms with E-state index >= 15 is 0 Å². The lowest BCUT2D eigenvalue weighted by molar-refractivity contribution is 0.292. The van der Waals surface area contributed by atoms with Crippen molar-refractivity contribution < 1.29 is 9.13 Å². The van der Waals surface area contributed by atoms with E-state index in [1.54, 1.807) is 18.6 Å². The van der Waals surface area contributed by atoms with Gasteiger partial charge >= 0.3 is 0 Å². The van der Waals surface area contributed by atoms with E-state index in [1.165, 1.54) is 12.1 Å². The van der Waals surface area contributed by atoms with Gasteiger partial charge in [0.15, 0.2) is 0 Å². The van der Waals surface area contributed by atoms with Crippen LogP contribution in [0.2, 0.25) is 0 Å². The van der Waals surface area contributed by atoms with Crippen LogP contribution in [0.4, 0.5) is 4.39 Å². The molecule has 114 valence electrons. The molecule has 1 N–H and O–H groups in total. The standard InChI is InChI=1S/C16H22FN3O/c1-12(2)7-18-8-13-6-14(17)4-5-16(13)21-10-15-9-19-11-20(15)3/h4-6,9,11-12,18H,7-8,10H2,1-3H3. The van der Waals surface area contributed by atoms with Crippen LogP contribution in [0.15, 0.2) is 30.7 Å². The van der Waals surface area contributed by atoms with Crippen molar-refractivity contribution in [1.82, 2.24) is 14.9 Å². The summed E-state index contributed by atoms with van der Waals surface area (Å²) in [5.41, 5.74) is 1.80. The Labute approximate surface area is 125 Å². The predicted molar refractivity (Wildman–Crippen MR) is 80.5 cm³/mol. The molecule has 1 aromatic heterocycles. The first-order valence-electron chi connectivity index (χ1n) is 7.13. The molecule has 21 heavy (non-hydrogen) atoms. The van der Waals surface area contributed by atoms with Crippen LogP contribution in [0.1, 0.15) is 25.1 Å². The van der Waals surface area contributed by atoms with Gasteiger partial charge in [-0.3, -0.25) is 0 Å². The van der Waals surface area contributed by atoms with E-state index < -0.39 is 0 Å². The van der Waals surface area contributed by atoms with E-state index in [1.807, 2.05) is 11.6 Å². The van der Waals surface area contributed by atoms with Crippen molar-refractivity contribution in [3.63, 3.8) is 0 Å². The molecule has 0 spiro atoms. The Balaban J connectivity index is 2.02. The number of halogens is 1. The van der Waals surface area contributed by atoms with Gasteiger partial charge in [-0.2, -0.15) is 0 Å². The van der Waals surface area contributed by atoms with E-state index in [9.17, 15) is 4.39 Å². The van der Waals surface area contributed by atoms with Gasteiger partial charge in [0.1, 0.15) is 18.2 Å². The second-order valence-electron chi connectivity index (χ2n) is 5.56. The van der Waals surface area contributed by atoms with Gasteiger partial charge in [-0.15, -0.1) is 0 Å². The fourth-order valence-corrected chi connectivity index (χ4v) is 2.00. The maximum Gasteiger partial charge on any atom is 0.130 e. The number of hydrogen-bond donors (Lipinski definition) is 1. The van der Waals surface area contributed by atoms with Crippen LogP contribution in [0, 0.1) is 11.7 Å². The summed E-state index contributed by atoms with van der Waals surface area (Å²) >= 11 is 0. The summed E-state index contributed by atoms with van der Waals surface area (Å²) in [6.45, 7) is 6.17. The average Bonchev–Trinajstić information content (AvgIpc) is 2.83. The summed E-state index contributed by atoms with van der Waals surface area (Å²) in [6.07, 6.45) is 3.49. The zero-order valence-electron chi connectivity index (χ0n) is 12.8. The number of aromatic nitrogens is 2. The maximum absolute atomic E-state index is 13.4. The third-order valence-electron chi connectivity index (χ3n) is 3.18. The topological polar surface area (TPSA) is 39.1 Å². The van der Waals surface area contributed by atoms with E-state index in [0.717, 1.165) is 17.8 Å². The first kappa shape index (κ1) is 15.5. The molecule has 2 rings (SSSR count). The van der Waals surface area contributed by atoms with E-state index in [-0.39, 0.29) is 5.82 Å². The first-order valence-corrected chi connectivity index (χ1v) is 7.13. The third-order valence-corrected chi connectivity index (χ3v) is 3.18. The van der Waals surface area contributed by atoms with Crippen LogP contribution < -0.4 is 10.1 Å². The molecule has 4 nitrogen and oxygen atoms in total. The minimum absolute atomic E-state index is 0.246. The summed E-state index contributed by atoms with van der Waals surface area (Å²) in [7, 11) is 1.92. The van der Waals surface area contributed by atoms with Crippen LogP contribution in [0.25, 0.3) is 0 Å². The molecule has 0 aliphatic rings. The number of nitrogens with one attached hydrogen (secondary N) is 1. The van der Waals surface area contributed by atoms with Gasteiger partial charge in [0, 0.05) is 19.2 Å². The Bertz CT molecular complexity index is 581. The van der Waals surface area contributed by atoms with Crippen LogP contribution in [0.5, 0.6) is 5.75 Å². The number of benzene rings is 1. The van der Waals surface area contributed by atoms with Crippen LogP contribution >= 0.6 is 0 Å². The minimum Gasteiger partial charge on any atom is -0.487 e. The molecule has 0 amide bonds. The number of ether oxygens (including phenoxy) is 1. The molecule has 0 bridgehead atoms. The highest BCUT2D eigenvalue weighted by molar-refractivity contribution is 5.34. The lowest BCUT2D eigenvalue weighted by Crippen LogP contribution is -2.19. The van der Waals surface area contributed by atoms with Gasteiger partial charge in [0.05, 0.1) is 18.2 Å². The highest BCUT2D eigenvalue weighted by atomic mass is 19.1. The summed E-state index contributed by atoms with van der Waals surface area (Å²) in [5.74, 6) is 1.01. The summed E-state index contributed by atoms with van der Waals surface area (Å²) < 4.78 is 21.1. The number of hydrogen-bond acceptors (Lipinski definition) is 3. The lowest BCUT2D eigenvalue weighted by Gasteiger charge is -2.13. The quantitative estimate of drug-likeness (QED) is 0.852. The molecule has 0 saturated heterocycles. The molecule has 1 heterocycles. The Morgan fingerprint density at radius 1 is 1.38 bits per heavy atom. The van der Waals surface area contributed by atoms with Crippen molar-refractivity contribution >= 4 is 0 Å². The molecule has 5 heteroatoms. The maximum atomic E-state index is 13.4. The second-order valence-corrected chi connectivity index (χ2v) is 5.56. The van der Waals surface area contributed by atoms with E-state index in [2.05, 4.69) is 24.1 Å². The normalized spacial score (nSPS) is 11.1. The Hall–Kier alpha value is -1.88. The summed E-state index contributed by atoms with van der Waals surface area (Å²) in [5, 5.41) is 3.31. The van der Waals surface area contributed by atoms with Gasteiger partial charge in [0.2, 0.25) is 0 Å². The Morgan fingerprint density at radius 3 is 2.86 bits per heavy atom. The molecule has 0 saturated carbocycles. The van der Waals surface area contributed by atoms with Gasteiger partial charge in [-0.05, 0) is 30.7 Å². The SMILES string of the molecule is CC(C)CNCc1cc(F)ccc1OCc1cncn1C.